The van der Waals surface area contributed by atoms with E-state index in [0.717, 1.165) is 18.9 Å². The molecule has 19 heavy (non-hydrogen) atoms. The third-order valence-electron chi connectivity index (χ3n) is 3.23. The largest absolute Gasteiger partial charge is 0.508 e. The average molecular weight is 285 g/mol. The highest BCUT2D eigenvalue weighted by atomic mass is 32.2. The highest BCUT2D eigenvalue weighted by molar-refractivity contribution is 7.93. The number of phenolic OH excluding ortho intramolecular Hbond substituents is 1. The van der Waals surface area contributed by atoms with Crippen LogP contribution >= 0.6 is 0 Å². The molecule has 1 aliphatic rings. The van der Waals surface area contributed by atoms with Gasteiger partial charge in [0, 0.05) is 0 Å². The highest BCUT2D eigenvalue weighted by Crippen LogP contribution is 2.28. The molecule has 0 radical (unpaired) electrons. The molecule has 0 aromatic heterocycles. The lowest BCUT2D eigenvalue weighted by atomic mass is 10.2. The van der Waals surface area contributed by atoms with E-state index in [4.69, 9.17) is 5.11 Å². The Morgan fingerprint density at radius 2 is 1.89 bits per heavy atom. The highest BCUT2D eigenvalue weighted by Gasteiger charge is 2.29. The minimum Gasteiger partial charge on any atom is -0.508 e. The van der Waals surface area contributed by atoms with Gasteiger partial charge in [0.25, 0.3) is 0 Å². The lowest BCUT2D eigenvalue weighted by Gasteiger charge is -2.15. The van der Waals surface area contributed by atoms with Crippen LogP contribution in [0, 0.1) is 0 Å². The molecule has 1 fully saturated rings. The molecule has 0 unspecified atom stereocenters. The third kappa shape index (κ3) is 2.98. The molecule has 104 valence electrons. The summed E-state index contributed by atoms with van der Waals surface area (Å²) in [7, 11) is -3.58. The van der Waals surface area contributed by atoms with Crippen molar-refractivity contribution in [3.8, 4) is 5.75 Å². The van der Waals surface area contributed by atoms with Crippen LogP contribution in [-0.4, -0.2) is 29.9 Å². The molecule has 0 heterocycles. The van der Waals surface area contributed by atoms with Gasteiger partial charge in [0.05, 0.1) is 16.5 Å². The topological polar surface area (TPSA) is 104 Å². The van der Waals surface area contributed by atoms with Crippen LogP contribution < -0.4 is 4.72 Å². The molecule has 0 amide bonds. The van der Waals surface area contributed by atoms with Crippen molar-refractivity contribution >= 4 is 21.7 Å². The van der Waals surface area contributed by atoms with Crippen molar-refractivity contribution in [3.63, 3.8) is 0 Å². The number of carboxylic acids is 1. The summed E-state index contributed by atoms with van der Waals surface area (Å²) < 4.78 is 26.5. The van der Waals surface area contributed by atoms with E-state index in [1.54, 1.807) is 0 Å². The maximum absolute atomic E-state index is 12.1. The van der Waals surface area contributed by atoms with E-state index in [1.165, 1.54) is 12.1 Å². The number of anilines is 1. The van der Waals surface area contributed by atoms with Gasteiger partial charge in [-0.3, -0.25) is 4.72 Å². The molecule has 3 N–H and O–H groups in total. The number of phenols is 1. The molecule has 0 bridgehead atoms. The summed E-state index contributed by atoms with van der Waals surface area (Å²) in [6.07, 6.45) is 2.92. The second-order valence-corrected chi connectivity index (χ2v) is 6.55. The summed E-state index contributed by atoms with van der Waals surface area (Å²) >= 11 is 0. The molecule has 6 nitrogen and oxygen atoms in total. The van der Waals surface area contributed by atoms with Crippen LogP contribution in [0.5, 0.6) is 5.75 Å². The van der Waals surface area contributed by atoms with E-state index in [2.05, 4.69) is 4.72 Å². The van der Waals surface area contributed by atoms with Gasteiger partial charge in [0.1, 0.15) is 5.75 Å². The first-order valence-electron chi connectivity index (χ1n) is 5.98. The Labute approximate surface area is 111 Å². The van der Waals surface area contributed by atoms with Crippen molar-refractivity contribution in [2.24, 2.45) is 0 Å². The van der Waals surface area contributed by atoms with Gasteiger partial charge in [-0.15, -0.1) is 0 Å². The van der Waals surface area contributed by atoms with Gasteiger partial charge < -0.3 is 10.2 Å². The van der Waals surface area contributed by atoms with E-state index in [9.17, 15) is 18.3 Å². The van der Waals surface area contributed by atoms with E-state index in [1.807, 2.05) is 0 Å². The third-order valence-corrected chi connectivity index (χ3v) is 5.08. The summed E-state index contributed by atoms with van der Waals surface area (Å²) in [4.78, 5) is 11.0. The average Bonchev–Trinajstić information content (AvgIpc) is 2.85. The Morgan fingerprint density at radius 1 is 1.26 bits per heavy atom. The van der Waals surface area contributed by atoms with Crippen LogP contribution in [0.25, 0.3) is 0 Å². The van der Waals surface area contributed by atoms with Crippen molar-refractivity contribution < 1.29 is 23.4 Å². The van der Waals surface area contributed by atoms with Crippen molar-refractivity contribution in [2.45, 2.75) is 30.9 Å². The molecule has 0 spiro atoms. The molecule has 0 atom stereocenters. The number of sulfonamides is 1. The van der Waals surface area contributed by atoms with Crippen molar-refractivity contribution in [2.75, 3.05) is 4.72 Å². The van der Waals surface area contributed by atoms with Crippen molar-refractivity contribution in [1.29, 1.82) is 0 Å². The summed E-state index contributed by atoms with van der Waals surface area (Å²) in [5.41, 5.74) is -0.279. The molecule has 2 rings (SSSR count). The van der Waals surface area contributed by atoms with Crippen LogP contribution in [0.3, 0.4) is 0 Å². The fourth-order valence-corrected chi connectivity index (χ4v) is 3.84. The van der Waals surface area contributed by atoms with Crippen molar-refractivity contribution in [3.05, 3.63) is 23.8 Å². The fraction of sp³-hybridized carbons (Fsp3) is 0.417. The van der Waals surface area contributed by atoms with Crippen LogP contribution in [0.1, 0.15) is 36.0 Å². The zero-order valence-corrected chi connectivity index (χ0v) is 11.0. The quantitative estimate of drug-likeness (QED) is 0.731. The standard InChI is InChI=1S/C12H15NO5S/c14-8-5-6-11(10(7-8)12(15)16)13-19(17,18)9-3-1-2-4-9/h5-7,9,13-14H,1-4H2,(H,15,16). The number of hydrogen-bond acceptors (Lipinski definition) is 4. The maximum atomic E-state index is 12.1. The predicted molar refractivity (Wildman–Crippen MR) is 69.9 cm³/mol. The molecule has 1 aromatic rings. The predicted octanol–water partition coefficient (Wildman–Crippen LogP) is 1.77. The summed E-state index contributed by atoms with van der Waals surface area (Å²) in [5, 5.41) is 17.8. The Kier molecular flexibility index (Phi) is 3.66. The normalized spacial score (nSPS) is 16.4. The number of hydrogen-bond donors (Lipinski definition) is 3. The fourth-order valence-electron chi connectivity index (χ4n) is 2.23. The van der Waals surface area contributed by atoms with Crippen molar-refractivity contribution in [1.82, 2.24) is 0 Å². The number of rotatable bonds is 4. The number of aromatic carboxylic acids is 1. The maximum Gasteiger partial charge on any atom is 0.337 e. The first-order chi connectivity index (χ1) is 8.90. The summed E-state index contributed by atoms with van der Waals surface area (Å²) in [6, 6.07) is 3.53. The Morgan fingerprint density at radius 3 is 2.47 bits per heavy atom. The van der Waals surface area contributed by atoms with Gasteiger partial charge >= 0.3 is 5.97 Å². The van der Waals surface area contributed by atoms with Gasteiger partial charge in [-0.05, 0) is 31.0 Å². The Balaban J connectivity index is 2.30. The number of carbonyl (C=O) groups is 1. The number of aromatic hydroxyl groups is 1. The number of carboxylic acid groups (broad SMARTS) is 1. The molecular weight excluding hydrogens is 270 g/mol. The second-order valence-electron chi connectivity index (χ2n) is 4.59. The molecule has 1 aromatic carbocycles. The van der Waals surface area contributed by atoms with Crippen LogP contribution in [0.4, 0.5) is 5.69 Å². The van der Waals surface area contributed by atoms with Crippen LogP contribution in [-0.2, 0) is 10.0 Å². The minimum atomic E-state index is -3.58. The summed E-state index contributed by atoms with van der Waals surface area (Å²) in [5.74, 6) is -1.51. The minimum absolute atomic E-state index is 0.0165. The Hall–Kier alpha value is -1.76. The monoisotopic (exact) mass is 285 g/mol. The molecule has 0 aliphatic heterocycles. The lowest BCUT2D eigenvalue weighted by Crippen LogP contribution is -2.26. The van der Waals surface area contributed by atoms with Crippen LogP contribution in [0.15, 0.2) is 18.2 Å². The molecular formula is C12H15NO5S. The number of benzene rings is 1. The van der Waals surface area contributed by atoms with Gasteiger partial charge in [0.15, 0.2) is 0 Å². The van der Waals surface area contributed by atoms with E-state index in [0.29, 0.717) is 12.8 Å². The van der Waals surface area contributed by atoms with E-state index >= 15 is 0 Å². The SMILES string of the molecule is O=C(O)c1cc(O)ccc1NS(=O)(=O)C1CCCC1. The lowest BCUT2D eigenvalue weighted by molar-refractivity contribution is 0.0697. The molecule has 1 saturated carbocycles. The number of nitrogens with one attached hydrogen (secondary N) is 1. The van der Waals surface area contributed by atoms with Gasteiger partial charge in [-0.2, -0.15) is 0 Å². The molecule has 0 saturated heterocycles. The summed E-state index contributed by atoms with van der Waals surface area (Å²) in [6.45, 7) is 0. The smallest absolute Gasteiger partial charge is 0.337 e. The van der Waals surface area contributed by atoms with Gasteiger partial charge in [-0.25, -0.2) is 13.2 Å². The van der Waals surface area contributed by atoms with Gasteiger partial charge in [0.2, 0.25) is 10.0 Å². The van der Waals surface area contributed by atoms with E-state index < -0.39 is 21.2 Å². The van der Waals surface area contributed by atoms with E-state index in [-0.39, 0.29) is 17.0 Å². The first-order valence-corrected chi connectivity index (χ1v) is 7.53. The second kappa shape index (κ2) is 5.08. The zero-order chi connectivity index (χ0) is 14.0. The zero-order valence-electron chi connectivity index (χ0n) is 10.2. The molecule has 7 heteroatoms. The van der Waals surface area contributed by atoms with Gasteiger partial charge in [-0.1, -0.05) is 12.8 Å². The Bertz CT molecular complexity index is 590. The van der Waals surface area contributed by atoms with Crippen LogP contribution in [0.2, 0.25) is 0 Å². The molecule has 1 aliphatic carbocycles. The first kappa shape index (κ1) is 13.7.